The number of ether oxygens (including phenoxy) is 1. The Labute approximate surface area is 91.2 Å². The lowest BCUT2D eigenvalue weighted by Gasteiger charge is -2.26. The maximum atomic E-state index is 11.2. The molecule has 1 saturated heterocycles. The van der Waals surface area contributed by atoms with Crippen molar-refractivity contribution in [3.05, 3.63) is 0 Å². The lowest BCUT2D eigenvalue weighted by Crippen LogP contribution is -2.41. The van der Waals surface area contributed by atoms with Crippen LogP contribution < -0.4 is 10.6 Å². The molecule has 0 spiro atoms. The van der Waals surface area contributed by atoms with Gasteiger partial charge in [0.2, 0.25) is 5.91 Å². The minimum atomic E-state index is 0.123. The van der Waals surface area contributed by atoms with E-state index in [1.54, 1.807) is 0 Å². The third-order valence-corrected chi connectivity index (χ3v) is 2.46. The first-order valence-corrected chi connectivity index (χ1v) is 5.54. The SMILES string of the molecule is CNCCC(=O)NCCN1CCOCC1. The van der Waals surface area contributed by atoms with Gasteiger partial charge in [-0.3, -0.25) is 9.69 Å². The van der Waals surface area contributed by atoms with Crippen molar-refractivity contribution in [2.75, 3.05) is 53.0 Å². The Morgan fingerprint density at radius 1 is 1.33 bits per heavy atom. The van der Waals surface area contributed by atoms with Crippen LogP contribution in [-0.2, 0) is 9.53 Å². The van der Waals surface area contributed by atoms with E-state index in [4.69, 9.17) is 4.74 Å². The molecule has 1 aliphatic rings. The molecule has 1 rings (SSSR count). The molecule has 0 atom stereocenters. The second-order valence-corrected chi connectivity index (χ2v) is 3.66. The highest BCUT2D eigenvalue weighted by atomic mass is 16.5. The number of hydrogen-bond donors (Lipinski definition) is 2. The molecule has 0 aromatic rings. The van der Waals surface area contributed by atoms with Crippen LogP contribution in [0.15, 0.2) is 0 Å². The molecule has 88 valence electrons. The summed E-state index contributed by atoms with van der Waals surface area (Å²) in [6.07, 6.45) is 0.555. The van der Waals surface area contributed by atoms with E-state index in [-0.39, 0.29) is 5.91 Å². The van der Waals surface area contributed by atoms with E-state index >= 15 is 0 Å². The van der Waals surface area contributed by atoms with Crippen molar-refractivity contribution < 1.29 is 9.53 Å². The van der Waals surface area contributed by atoms with E-state index < -0.39 is 0 Å². The molecule has 1 fully saturated rings. The molecule has 0 unspecified atom stereocenters. The van der Waals surface area contributed by atoms with Crippen molar-refractivity contribution in [2.24, 2.45) is 0 Å². The Balaban J connectivity index is 1.97. The quantitative estimate of drug-likeness (QED) is 0.599. The molecule has 1 heterocycles. The maximum Gasteiger partial charge on any atom is 0.221 e. The van der Waals surface area contributed by atoms with E-state index in [0.29, 0.717) is 6.42 Å². The number of nitrogens with zero attached hydrogens (tertiary/aromatic N) is 1. The number of carbonyl (C=O) groups excluding carboxylic acids is 1. The summed E-state index contributed by atoms with van der Waals surface area (Å²) in [5, 5.41) is 5.85. The summed E-state index contributed by atoms with van der Waals surface area (Å²) in [6, 6.07) is 0. The topological polar surface area (TPSA) is 53.6 Å². The van der Waals surface area contributed by atoms with Crippen LogP contribution in [0.3, 0.4) is 0 Å². The van der Waals surface area contributed by atoms with Crippen molar-refractivity contribution in [1.29, 1.82) is 0 Å². The van der Waals surface area contributed by atoms with Gasteiger partial charge in [-0.2, -0.15) is 0 Å². The van der Waals surface area contributed by atoms with Crippen LogP contribution in [0, 0.1) is 0 Å². The average molecular weight is 215 g/mol. The molecule has 1 aliphatic heterocycles. The second kappa shape index (κ2) is 7.62. The molecular formula is C10H21N3O2. The van der Waals surface area contributed by atoms with Gasteiger partial charge in [-0.05, 0) is 7.05 Å². The predicted molar refractivity (Wildman–Crippen MR) is 58.8 cm³/mol. The third kappa shape index (κ3) is 5.71. The second-order valence-electron chi connectivity index (χ2n) is 3.66. The smallest absolute Gasteiger partial charge is 0.221 e. The fourth-order valence-corrected chi connectivity index (χ4v) is 1.51. The van der Waals surface area contributed by atoms with Gasteiger partial charge in [-0.1, -0.05) is 0 Å². The highest BCUT2D eigenvalue weighted by Gasteiger charge is 2.09. The lowest BCUT2D eigenvalue weighted by molar-refractivity contribution is -0.121. The summed E-state index contributed by atoms with van der Waals surface area (Å²) in [5.41, 5.74) is 0. The zero-order valence-corrected chi connectivity index (χ0v) is 9.42. The summed E-state index contributed by atoms with van der Waals surface area (Å²) in [7, 11) is 1.85. The van der Waals surface area contributed by atoms with Crippen molar-refractivity contribution in [1.82, 2.24) is 15.5 Å². The first-order chi connectivity index (χ1) is 7.33. The number of hydrogen-bond acceptors (Lipinski definition) is 4. The summed E-state index contributed by atoms with van der Waals surface area (Å²) in [4.78, 5) is 13.6. The molecule has 5 heteroatoms. The molecule has 0 aromatic carbocycles. The van der Waals surface area contributed by atoms with Crippen molar-refractivity contribution in [2.45, 2.75) is 6.42 Å². The standard InChI is InChI=1S/C10H21N3O2/c1-11-3-2-10(14)12-4-5-13-6-8-15-9-7-13/h11H,2-9H2,1H3,(H,12,14). The highest BCUT2D eigenvalue weighted by molar-refractivity contribution is 5.76. The van der Waals surface area contributed by atoms with E-state index in [1.807, 2.05) is 7.05 Å². The third-order valence-electron chi connectivity index (χ3n) is 2.46. The van der Waals surface area contributed by atoms with Gasteiger partial charge in [-0.25, -0.2) is 0 Å². The number of amides is 1. The summed E-state index contributed by atoms with van der Waals surface area (Å²) < 4.78 is 5.24. The van der Waals surface area contributed by atoms with E-state index in [9.17, 15) is 4.79 Å². The molecule has 0 bridgehead atoms. The van der Waals surface area contributed by atoms with Gasteiger partial charge in [0.05, 0.1) is 13.2 Å². The van der Waals surface area contributed by atoms with E-state index in [2.05, 4.69) is 15.5 Å². The van der Waals surface area contributed by atoms with Crippen molar-refractivity contribution in [3.63, 3.8) is 0 Å². The summed E-state index contributed by atoms with van der Waals surface area (Å²) in [6.45, 7) is 5.99. The number of rotatable bonds is 6. The first-order valence-electron chi connectivity index (χ1n) is 5.54. The molecule has 0 radical (unpaired) electrons. The molecule has 0 aromatic heterocycles. The summed E-state index contributed by atoms with van der Waals surface area (Å²) in [5.74, 6) is 0.123. The summed E-state index contributed by atoms with van der Waals surface area (Å²) >= 11 is 0. The lowest BCUT2D eigenvalue weighted by atomic mass is 10.3. The van der Waals surface area contributed by atoms with Crippen LogP contribution in [0.1, 0.15) is 6.42 Å². The molecule has 2 N–H and O–H groups in total. The van der Waals surface area contributed by atoms with Gasteiger partial charge in [0.25, 0.3) is 0 Å². The van der Waals surface area contributed by atoms with Crippen LogP contribution in [0.2, 0.25) is 0 Å². The van der Waals surface area contributed by atoms with Crippen LogP contribution in [0.4, 0.5) is 0 Å². The largest absolute Gasteiger partial charge is 0.379 e. The first kappa shape index (κ1) is 12.4. The Morgan fingerprint density at radius 3 is 2.73 bits per heavy atom. The van der Waals surface area contributed by atoms with Crippen LogP contribution in [-0.4, -0.2) is 63.8 Å². The fourth-order valence-electron chi connectivity index (χ4n) is 1.51. The molecule has 15 heavy (non-hydrogen) atoms. The van der Waals surface area contributed by atoms with Gasteiger partial charge >= 0.3 is 0 Å². The molecular weight excluding hydrogens is 194 g/mol. The molecule has 1 amide bonds. The Kier molecular flexibility index (Phi) is 6.31. The van der Waals surface area contributed by atoms with Crippen molar-refractivity contribution >= 4 is 5.91 Å². The number of nitrogens with one attached hydrogen (secondary N) is 2. The van der Waals surface area contributed by atoms with E-state index in [1.165, 1.54) is 0 Å². The van der Waals surface area contributed by atoms with Crippen molar-refractivity contribution in [3.8, 4) is 0 Å². The Bertz CT molecular complexity index is 182. The van der Waals surface area contributed by atoms with Gasteiger partial charge in [0.15, 0.2) is 0 Å². The highest BCUT2D eigenvalue weighted by Crippen LogP contribution is 1.94. The Hall–Kier alpha value is -0.650. The zero-order valence-electron chi connectivity index (χ0n) is 9.42. The minimum Gasteiger partial charge on any atom is -0.379 e. The van der Waals surface area contributed by atoms with Gasteiger partial charge in [-0.15, -0.1) is 0 Å². The van der Waals surface area contributed by atoms with Crippen LogP contribution in [0.25, 0.3) is 0 Å². The molecule has 5 nitrogen and oxygen atoms in total. The van der Waals surface area contributed by atoms with Gasteiger partial charge < -0.3 is 15.4 Å². The average Bonchev–Trinajstić information content (AvgIpc) is 2.28. The van der Waals surface area contributed by atoms with E-state index in [0.717, 1.165) is 45.9 Å². The van der Waals surface area contributed by atoms with Gasteiger partial charge in [0, 0.05) is 39.1 Å². The Morgan fingerprint density at radius 2 is 2.07 bits per heavy atom. The van der Waals surface area contributed by atoms with Crippen LogP contribution >= 0.6 is 0 Å². The number of morpholine rings is 1. The number of carbonyl (C=O) groups is 1. The predicted octanol–water partition coefficient (Wildman–Crippen LogP) is -0.956. The van der Waals surface area contributed by atoms with Crippen LogP contribution in [0.5, 0.6) is 0 Å². The molecule has 0 aliphatic carbocycles. The fraction of sp³-hybridized carbons (Fsp3) is 0.900. The minimum absolute atomic E-state index is 0.123. The maximum absolute atomic E-state index is 11.2. The normalized spacial score (nSPS) is 17.7. The zero-order chi connectivity index (χ0) is 10.9. The molecule has 0 saturated carbocycles. The monoisotopic (exact) mass is 215 g/mol. The van der Waals surface area contributed by atoms with Gasteiger partial charge in [0.1, 0.15) is 0 Å².